The lowest BCUT2D eigenvalue weighted by Crippen LogP contribution is -2.09. The highest BCUT2D eigenvalue weighted by molar-refractivity contribution is 7.34. The van der Waals surface area contributed by atoms with Gasteiger partial charge >= 0.3 is 0 Å². The molecule has 0 radical (unpaired) electrons. The van der Waals surface area contributed by atoms with Gasteiger partial charge in [-0.25, -0.2) is 0 Å². The third-order valence-corrected chi connectivity index (χ3v) is 14.3. The van der Waals surface area contributed by atoms with Crippen LogP contribution in [-0.2, 0) is 13.1 Å². The van der Waals surface area contributed by atoms with Gasteiger partial charge in [0.15, 0.2) is 23.1 Å². The molecule has 9 heteroatoms. The highest BCUT2D eigenvalue weighted by Gasteiger charge is 2.34. The Labute approximate surface area is 306 Å². The Bertz CT molecular complexity index is 2480. The van der Waals surface area contributed by atoms with E-state index in [1.165, 1.54) is 29.8 Å². The summed E-state index contributed by atoms with van der Waals surface area (Å²) in [6.45, 7) is 10.7. The lowest BCUT2D eigenvalue weighted by molar-refractivity contribution is 0.0975. The van der Waals surface area contributed by atoms with Gasteiger partial charge in [0.1, 0.15) is 0 Å². The zero-order chi connectivity index (χ0) is 35.3. The number of rotatable bonds is 8. The molecule has 6 nitrogen and oxygen atoms in total. The first-order valence-corrected chi connectivity index (χ1v) is 19.9. The zero-order valence-electron chi connectivity index (χ0n) is 28.7. The van der Waals surface area contributed by atoms with Crippen molar-refractivity contribution in [3.63, 3.8) is 0 Å². The second-order valence-corrected chi connectivity index (χ2v) is 17.1. The van der Waals surface area contributed by atoms with Crippen LogP contribution in [0.2, 0.25) is 0 Å². The number of aromatic nitrogens is 2. The lowest BCUT2D eigenvalue weighted by atomic mass is 10.1. The van der Waals surface area contributed by atoms with Crippen LogP contribution in [-0.4, -0.2) is 32.3 Å². The number of hydrogen-bond acceptors (Lipinski definition) is 7. The van der Waals surface area contributed by atoms with Crippen molar-refractivity contribution in [3.8, 4) is 0 Å². The Morgan fingerprint density at radius 3 is 1.24 bits per heavy atom. The molecule has 2 aliphatic rings. The first kappa shape index (κ1) is 32.2. The van der Waals surface area contributed by atoms with Gasteiger partial charge in [0.05, 0.1) is 52.0 Å². The van der Waals surface area contributed by atoms with Gasteiger partial charge in [0.2, 0.25) is 0 Å². The Kier molecular flexibility index (Phi) is 7.54. The molecule has 5 heterocycles. The van der Waals surface area contributed by atoms with Crippen LogP contribution < -0.4 is 0 Å². The molecule has 0 N–H and O–H groups in total. The summed E-state index contributed by atoms with van der Waals surface area (Å²) in [6.07, 6.45) is 5.65. The largest absolute Gasteiger partial charge is 0.337 e. The normalized spacial score (nSPS) is 15.7. The molecule has 0 aliphatic heterocycles. The van der Waals surface area contributed by atoms with Crippen LogP contribution in [0.25, 0.3) is 53.0 Å². The van der Waals surface area contributed by atoms with Crippen molar-refractivity contribution in [2.24, 2.45) is 11.8 Å². The van der Waals surface area contributed by atoms with E-state index < -0.39 is 0 Å². The maximum atomic E-state index is 13.3. The maximum absolute atomic E-state index is 13.3. The van der Waals surface area contributed by atoms with E-state index in [0.29, 0.717) is 34.1 Å². The molecular formula is C42H34N2O4S3. The number of thiophene rings is 3. The molecule has 0 bridgehead atoms. The maximum Gasteiger partial charge on any atom is 0.197 e. The molecule has 9 rings (SSSR count). The van der Waals surface area contributed by atoms with Crippen molar-refractivity contribution in [2.45, 2.75) is 53.6 Å². The number of allylic oxidation sites excluding steroid dienone is 2. The molecule has 0 spiro atoms. The van der Waals surface area contributed by atoms with E-state index in [2.05, 4.69) is 49.0 Å². The third kappa shape index (κ3) is 4.78. The minimum Gasteiger partial charge on any atom is -0.337 e. The smallest absolute Gasteiger partial charge is 0.197 e. The van der Waals surface area contributed by atoms with Crippen LogP contribution in [0.3, 0.4) is 0 Å². The first-order chi connectivity index (χ1) is 24.7. The van der Waals surface area contributed by atoms with E-state index in [1.54, 1.807) is 94.7 Å². The molecular weight excluding hydrogens is 693 g/mol. The monoisotopic (exact) mass is 726 g/mol. The van der Waals surface area contributed by atoms with Crippen molar-refractivity contribution >= 4 is 110 Å². The number of fused-ring (bicyclic) bond motifs is 9. The van der Waals surface area contributed by atoms with E-state index in [1.807, 2.05) is 0 Å². The summed E-state index contributed by atoms with van der Waals surface area (Å²) >= 11 is 5.07. The van der Waals surface area contributed by atoms with E-state index in [4.69, 9.17) is 0 Å². The topological polar surface area (TPSA) is 78.1 Å². The van der Waals surface area contributed by atoms with E-state index in [0.717, 1.165) is 46.7 Å². The molecule has 5 aromatic heterocycles. The summed E-state index contributed by atoms with van der Waals surface area (Å²) in [6, 6.07) is 18.4. The number of carbonyl (C=O) groups excluding carboxylic acids is 4. The van der Waals surface area contributed by atoms with Gasteiger partial charge in [-0.05, 0) is 36.1 Å². The number of carbonyl (C=O) groups is 4. The van der Waals surface area contributed by atoms with Gasteiger partial charge in [0.25, 0.3) is 0 Å². The molecule has 254 valence electrons. The highest BCUT2D eigenvalue weighted by atomic mass is 32.1. The fourth-order valence-electron chi connectivity index (χ4n) is 7.48. The predicted octanol–water partition coefficient (Wildman–Crippen LogP) is 11.1. The molecule has 2 unspecified atom stereocenters. The van der Waals surface area contributed by atoms with Gasteiger partial charge in [-0.3, -0.25) is 19.2 Å². The molecule has 2 aliphatic carbocycles. The predicted molar refractivity (Wildman–Crippen MR) is 211 cm³/mol. The average Bonchev–Trinajstić information content (AvgIpc) is 3.99. The molecule has 0 amide bonds. The molecule has 7 aromatic rings. The number of benzene rings is 2. The van der Waals surface area contributed by atoms with Crippen LogP contribution >= 0.6 is 34.0 Å². The van der Waals surface area contributed by atoms with Gasteiger partial charge in [-0.2, -0.15) is 0 Å². The third-order valence-electron chi connectivity index (χ3n) is 10.6. The van der Waals surface area contributed by atoms with Crippen LogP contribution in [0.5, 0.6) is 0 Å². The van der Waals surface area contributed by atoms with Gasteiger partial charge in [0, 0.05) is 45.1 Å². The zero-order valence-corrected chi connectivity index (χ0v) is 31.1. The van der Waals surface area contributed by atoms with Crippen LogP contribution in [0.1, 0.15) is 91.7 Å². The Balaban J connectivity index is 1.24. The average molecular weight is 727 g/mol. The molecule has 0 saturated heterocycles. The molecule has 51 heavy (non-hydrogen) atoms. The second-order valence-electron chi connectivity index (χ2n) is 14.0. The quantitative estimate of drug-likeness (QED) is 0.115. The number of hydrogen-bond donors (Lipinski definition) is 0. The van der Waals surface area contributed by atoms with E-state index in [-0.39, 0.29) is 34.3 Å². The fraction of sp³-hybridized carbons (Fsp3) is 0.238. The minimum atomic E-state index is -0.210. The Morgan fingerprint density at radius 2 is 0.902 bits per heavy atom. The molecule has 0 fully saturated rings. The van der Waals surface area contributed by atoms with Gasteiger partial charge in [-0.1, -0.05) is 89.1 Å². The highest BCUT2D eigenvalue weighted by Crippen LogP contribution is 2.50. The van der Waals surface area contributed by atoms with Crippen LogP contribution in [0.4, 0.5) is 0 Å². The van der Waals surface area contributed by atoms with E-state index >= 15 is 0 Å². The SMILES string of the molecule is CCC(C)Cn1c2cc(C=C3C(=O)c4ccccc4C3=O)sc2c2sc3c4sc(C=C5C(=O)c6ccccc6C5=O)cc4n(CC(C)CC)c3c21. The lowest BCUT2D eigenvalue weighted by Gasteiger charge is -2.15. The van der Waals surface area contributed by atoms with Crippen molar-refractivity contribution in [1.29, 1.82) is 0 Å². The van der Waals surface area contributed by atoms with Crippen LogP contribution in [0.15, 0.2) is 71.8 Å². The minimum absolute atomic E-state index is 0.210. The van der Waals surface area contributed by atoms with Crippen molar-refractivity contribution in [1.82, 2.24) is 9.13 Å². The van der Waals surface area contributed by atoms with Gasteiger partial charge in [-0.15, -0.1) is 34.0 Å². The van der Waals surface area contributed by atoms with E-state index in [9.17, 15) is 19.2 Å². The molecule has 2 atom stereocenters. The standard InChI is InChI=1S/C42H34N2O4S3/c1-5-21(3)19-43-31-17-23(15-29-35(45)25-11-7-8-12-26(25)36(29)46)49-39(31)41-33(43)34-42(51-41)40-32(44(34)20-22(4)6-2)18-24(50-40)16-30-37(47)27-13-9-10-14-28(27)38(30)48/h7-18,21-22H,5-6,19-20H2,1-4H3. The Morgan fingerprint density at radius 1 is 0.549 bits per heavy atom. The van der Waals surface area contributed by atoms with Gasteiger partial charge < -0.3 is 9.13 Å². The van der Waals surface area contributed by atoms with Crippen LogP contribution in [0, 0.1) is 11.8 Å². The summed E-state index contributed by atoms with van der Waals surface area (Å²) < 4.78 is 9.69. The summed E-state index contributed by atoms with van der Waals surface area (Å²) in [5, 5.41) is 0. The fourth-order valence-corrected chi connectivity index (χ4v) is 11.3. The summed E-state index contributed by atoms with van der Waals surface area (Å²) in [4.78, 5) is 54.8. The summed E-state index contributed by atoms with van der Waals surface area (Å²) in [7, 11) is 0. The summed E-state index contributed by atoms with van der Waals surface area (Å²) in [5.41, 5.74) is 7.09. The number of Topliss-reactive ketones (excluding diaryl/α,β-unsaturated/α-hetero) is 4. The number of ketones is 4. The molecule has 2 aromatic carbocycles. The first-order valence-electron chi connectivity index (χ1n) is 17.5. The second kappa shape index (κ2) is 11.9. The summed E-state index contributed by atoms with van der Waals surface area (Å²) in [5.74, 6) is 0.0404. The number of nitrogens with zero attached hydrogens (tertiary/aromatic N) is 2. The molecule has 0 saturated carbocycles. The van der Waals surface area contributed by atoms with Crippen molar-refractivity contribution in [2.75, 3.05) is 0 Å². The van der Waals surface area contributed by atoms with Crippen molar-refractivity contribution in [3.05, 3.63) is 104 Å². The Hall–Kier alpha value is -4.70. The van der Waals surface area contributed by atoms with Crippen molar-refractivity contribution < 1.29 is 19.2 Å².